The van der Waals surface area contributed by atoms with Crippen LogP contribution in [0.1, 0.15) is 29.2 Å². The van der Waals surface area contributed by atoms with Gasteiger partial charge in [-0.25, -0.2) is 0 Å². The van der Waals surface area contributed by atoms with Gasteiger partial charge in [-0.1, -0.05) is 12.1 Å². The number of rotatable bonds is 1. The monoisotopic (exact) mass is 336 g/mol. The van der Waals surface area contributed by atoms with Crippen LogP contribution in [0.3, 0.4) is 0 Å². The van der Waals surface area contributed by atoms with Crippen LogP contribution in [-0.4, -0.2) is 0 Å². The van der Waals surface area contributed by atoms with E-state index < -0.39 is 16.0 Å². The van der Waals surface area contributed by atoms with Gasteiger partial charge in [0.1, 0.15) is 0 Å². The fourth-order valence-electron chi connectivity index (χ4n) is 2.26. The van der Waals surface area contributed by atoms with Crippen LogP contribution in [0.4, 0.5) is 13.2 Å². The maximum Gasteiger partial charge on any atom is 0.600 e. The van der Waals surface area contributed by atoms with Crippen molar-refractivity contribution in [3.05, 3.63) is 34.7 Å². The van der Waals surface area contributed by atoms with E-state index in [0.29, 0.717) is 9.58 Å². The van der Waals surface area contributed by atoms with Crippen LogP contribution in [0.25, 0.3) is 10.1 Å². The van der Waals surface area contributed by atoms with E-state index in [1.807, 2.05) is 13.0 Å². The Morgan fingerprint density at radius 1 is 1.22 bits per heavy atom. The van der Waals surface area contributed by atoms with Crippen molar-refractivity contribution < 1.29 is 30.2 Å². The highest BCUT2D eigenvalue weighted by Crippen LogP contribution is 2.57. The third-order valence-electron chi connectivity index (χ3n) is 3.24. The van der Waals surface area contributed by atoms with E-state index in [0.717, 1.165) is 23.8 Å². The molecule has 1 aliphatic carbocycles. The zero-order valence-electron chi connectivity index (χ0n) is 9.72. The predicted octanol–water partition coefficient (Wildman–Crippen LogP) is 2.26. The maximum absolute atomic E-state index is 13.2. The Labute approximate surface area is 117 Å². The largest absolute Gasteiger partial charge is 1.00 e. The molecule has 18 heavy (non-hydrogen) atoms. The van der Waals surface area contributed by atoms with Crippen LogP contribution in [0.5, 0.6) is 0 Å². The summed E-state index contributed by atoms with van der Waals surface area (Å²) in [5, 5.41) is 0.801. The van der Waals surface area contributed by atoms with Gasteiger partial charge in [0.25, 0.3) is 0 Å². The molecule has 0 bridgehead atoms. The number of benzene rings is 1. The van der Waals surface area contributed by atoms with Gasteiger partial charge in [-0.05, 0) is 31.4 Å². The van der Waals surface area contributed by atoms with Crippen molar-refractivity contribution >= 4 is 20.6 Å². The average Bonchev–Trinajstić information content (AvgIpc) is 2.97. The lowest BCUT2D eigenvalue weighted by Crippen LogP contribution is -3.00. The number of halogens is 4. The third-order valence-corrected chi connectivity index (χ3v) is 5.42. The summed E-state index contributed by atoms with van der Waals surface area (Å²) < 4.78 is 40.0. The number of hydrogen-bond donors (Lipinski definition) is 0. The van der Waals surface area contributed by atoms with Crippen LogP contribution in [0, 0.1) is 6.92 Å². The minimum Gasteiger partial charge on any atom is -1.00 e. The Kier molecular flexibility index (Phi) is 3.49. The maximum atomic E-state index is 13.2. The first-order valence-corrected chi connectivity index (χ1v) is 6.83. The Bertz CT molecular complexity index is 582. The summed E-state index contributed by atoms with van der Waals surface area (Å²) in [5.41, 5.74) is -3.19. The van der Waals surface area contributed by atoms with Gasteiger partial charge in [-0.15, -0.1) is 13.2 Å². The van der Waals surface area contributed by atoms with Gasteiger partial charge in [0.15, 0.2) is 9.58 Å². The van der Waals surface area contributed by atoms with Crippen LogP contribution >= 0.6 is 10.5 Å². The first kappa shape index (κ1) is 13.9. The van der Waals surface area contributed by atoms with Crippen LogP contribution in [-0.2, 0) is 5.51 Å². The SMILES string of the molecule is Cc1cccc2c1cc(C1CC1)[s+]2C(F)(F)F.[Br-]. The Morgan fingerprint density at radius 2 is 1.89 bits per heavy atom. The van der Waals surface area contributed by atoms with Crippen molar-refractivity contribution in [2.45, 2.75) is 31.2 Å². The summed E-state index contributed by atoms with van der Waals surface area (Å²) in [6.07, 6.45) is 1.83. The second kappa shape index (κ2) is 4.53. The summed E-state index contributed by atoms with van der Waals surface area (Å²) >= 11 is 0. The second-order valence-electron chi connectivity index (χ2n) is 4.56. The Hall–Kier alpha value is -0.550. The van der Waals surface area contributed by atoms with E-state index in [4.69, 9.17) is 0 Å². The van der Waals surface area contributed by atoms with Gasteiger partial charge >= 0.3 is 5.51 Å². The number of hydrogen-bond acceptors (Lipinski definition) is 0. The summed E-state index contributed by atoms with van der Waals surface area (Å²) in [7, 11) is -1.67. The van der Waals surface area contributed by atoms with Gasteiger partial charge in [0.05, 0.1) is 10.5 Å². The lowest BCUT2D eigenvalue weighted by atomic mass is 10.1. The van der Waals surface area contributed by atoms with E-state index in [9.17, 15) is 13.2 Å². The van der Waals surface area contributed by atoms with Crippen molar-refractivity contribution in [1.82, 2.24) is 0 Å². The molecule has 1 unspecified atom stereocenters. The molecular formula is C13H12BrF3S. The highest BCUT2D eigenvalue weighted by molar-refractivity contribution is 7.38. The highest BCUT2D eigenvalue weighted by Gasteiger charge is 2.51. The second-order valence-corrected chi connectivity index (χ2v) is 6.55. The molecule has 1 atom stereocenters. The van der Waals surface area contributed by atoms with E-state index >= 15 is 0 Å². The zero-order valence-corrected chi connectivity index (χ0v) is 12.1. The molecular weight excluding hydrogens is 325 g/mol. The van der Waals surface area contributed by atoms with Crippen molar-refractivity contribution in [2.75, 3.05) is 0 Å². The van der Waals surface area contributed by atoms with E-state index in [2.05, 4.69) is 0 Å². The molecule has 1 saturated carbocycles. The fraction of sp³-hybridized carbons (Fsp3) is 0.385. The average molecular weight is 337 g/mol. The molecule has 1 aromatic carbocycles. The summed E-state index contributed by atoms with van der Waals surface area (Å²) in [5.74, 6) is 0.173. The summed E-state index contributed by atoms with van der Waals surface area (Å²) in [6.45, 7) is 1.88. The Morgan fingerprint density at radius 3 is 2.44 bits per heavy atom. The van der Waals surface area contributed by atoms with E-state index in [-0.39, 0.29) is 22.9 Å². The molecule has 2 aromatic rings. The van der Waals surface area contributed by atoms with Crippen LogP contribution in [0.15, 0.2) is 24.3 Å². The van der Waals surface area contributed by atoms with Crippen molar-refractivity contribution in [3.8, 4) is 0 Å². The molecule has 0 saturated heterocycles. The molecule has 0 amide bonds. The van der Waals surface area contributed by atoms with Gasteiger partial charge < -0.3 is 17.0 Å². The fourth-order valence-corrected chi connectivity index (χ4v) is 4.49. The molecule has 1 heterocycles. The first-order valence-electron chi connectivity index (χ1n) is 5.61. The molecule has 0 N–H and O–H groups in total. The van der Waals surface area contributed by atoms with Crippen molar-refractivity contribution in [1.29, 1.82) is 0 Å². The van der Waals surface area contributed by atoms with Crippen molar-refractivity contribution in [2.24, 2.45) is 0 Å². The minimum atomic E-state index is -4.13. The van der Waals surface area contributed by atoms with E-state index in [1.165, 1.54) is 0 Å². The molecule has 5 heteroatoms. The third kappa shape index (κ3) is 2.18. The zero-order chi connectivity index (χ0) is 12.2. The molecule has 1 aliphatic rings. The number of fused-ring (bicyclic) bond motifs is 1. The topological polar surface area (TPSA) is 0 Å². The van der Waals surface area contributed by atoms with Gasteiger partial charge in [0.2, 0.25) is 0 Å². The molecule has 0 radical (unpaired) electrons. The predicted molar refractivity (Wildman–Crippen MR) is 64.4 cm³/mol. The smallest absolute Gasteiger partial charge is 0.600 e. The quantitative estimate of drug-likeness (QED) is 0.701. The number of aryl methyl sites for hydroxylation is 1. The molecule has 1 aromatic heterocycles. The van der Waals surface area contributed by atoms with Crippen LogP contribution < -0.4 is 17.0 Å². The molecule has 0 nitrogen and oxygen atoms in total. The highest BCUT2D eigenvalue weighted by atomic mass is 79.9. The molecule has 1 fully saturated rings. The molecule has 3 rings (SSSR count). The standard InChI is InChI=1S/C13H12F3S.BrH/c1-8-3-2-4-11-10(8)7-12(9-5-6-9)17(11)13(14,15)16;/h2-4,7,9H,5-6H2,1H3;1H/q+1;/p-1. The Balaban J connectivity index is 0.00000120. The summed E-state index contributed by atoms with van der Waals surface area (Å²) in [4.78, 5) is 0.613. The van der Waals surface area contributed by atoms with Crippen LogP contribution in [0.2, 0.25) is 0 Å². The van der Waals surface area contributed by atoms with Gasteiger partial charge in [0, 0.05) is 17.4 Å². The van der Waals surface area contributed by atoms with Gasteiger partial charge in [-0.3, -0.25) is 0 Å². The lowest BCUT2D eigenvalue weighted by molar-refractivity contribution is -0.0867. The minimum absolute atomic E-state index is 0. The van der Waals surface area contributed by atoms with Crippen molar-refractivity contribution in [3.63, 3.8) is 0 Å². The van der Waals surface area contributed by atoms with Gasteiger partial charge in [-0.2, -0.15) is 0 Å². The lowest BCUT2D eigenvalue weighted by Gasteiger charge is -1.98. The van der Waals surface area contributed by atoms with E-state index in [1.54, 1.807) is 18.2 Å². The number of thiophene rings is 1. The summed E-state index contributed by atoms with van der Waals surface area (Å²) in [6, 6.07) is 7.02. The first-order chi connectivity index (χ1) is 7.98. The molecule has 0 spiro atoms. The molecule has 0 aliphatic heterocycles. The number of alkyl halides is 3. The molecule has 98 valence electrons. The normalized spacial score (nSPS) is 16.8.